The molecule has 0 saturated heterocycles. The van der Waals surface area contributed by atoms with Gasteiger partial charge in [-0.1, -0.05) is 0 Å². The number of likely N-dealkylation sites (N-methyl/N-ethyl adjacent to an activating group) is 1. The van der Waals surface area contributed by atoms with Crippen LogP contribution in [0.2, 0.25) is 0 Å². The Labute approximate surface area is 123 Å². The third-order valence-electron chi connectivity index (χ3n) is 3.02. The maximum atomic E-state index is 12.5. The van der Waals surface area contributed by atoms with Crippen LogP contribution < -0.4 is 5.14 Å². The van der Waals surface area contributed by atoms with Crippen LogP contribution in [0.1, 0.15) is 29.8 Å². The van der Waals surface area contributed by atoms with E-state index in [2.05, 4.69) is 0 Å². The summed E-state index contributed by atoms with van der Waals surface area (Å²) in [5, 5.41) is 6.67. The number of carbonyl (C=O) groups excluding carboxylic acids is 1. The Kier molecular flexibility index (Phi) is 5.69. The average molecular weight is 320 g/mol. The minimum atomic E-state index is -3.79. The molecule has 1 atom stereocenters. The predicted octanol–water partition coefficient (Wildman–Crippen LogP) is 1.20. The fourth-order valence-corrected chi connectivity index (χ4v) is 4.04. The third kappa shape index (κ3) is 3.57. The molecule has 1 aromatic heterocycles. The van der Waals surface area contributed by atoms with Crippen LogP contribution >= 0.6 is 11.3 Å². The number of hydrogen-bond acceptors (Lipinski definition) is 5. The predicted molar refractivity (Wildman–Crippen MR) is 78.5 cm³/mol. The number of nitrogens with zero attached hydrogens (tertiary/aromatic N) is 1. The maximum Gasteiger partial charge on any atom is 0.255 e. The molecule has 0 saturated carbocycles. The van der Waals surface area contributed by atoms with Crippen LogP contribution in [0, 0.1) is 6.92 Å². The van der Waals surface area contributed by atoms with Crippen molar-refractivity contribution in [1.29, 1.82) is 0 Å². The topological polar surface area (TPSA) is 89.7 Å². The quantitative estimate of drug-likeness (QED) is 0.853. The van der Waals surface area contributed by atoms with E-state index in [0.717, 1.165) is 11.3 Å². The van der Waals surface area contributed by atoms with E-state index in [4.69, 9.17) is 9.88 Å². The van der Waals surface area contributed by atoms with E-state index in [1.54, 1.807) is 24.3 Å². The van der Waals surface area contributed by atoms with Gasteiger partial charge in [0.05, 0.1) is 18.2 Å². The van der Waals surface area contributed by atoms with Crippen LogP contribution in [0.15, 0.2) is 9.59 Å². The summed E-state index contributed by atoms with van der Waals surface area (Å²) in [6, 6.07) is -0.0882. The molecule has 114 valence electrons. The molecular weight excluding hydrogens is 300 g/mol. The lowest BCUT2D eigenvalue weighted by molar-refractivity contribution is 0.0579. The van der Waals surface area contributed by atoms with E-state index >= 15 is 0 Å². The average Bonchev–Trinajstić information content (AvgIpc) is 2.71. The fraction of sp³-hybridized carbons (Fsp3) is 0.583. The van der Waals surface area contributed by atoms with Crippen molar-refractivity contribution in [3.8, 4) is 0 Å². The molecule has 2 N–H and O–H groups in total. The number of primary sulfonamides is 1. The van der Waals surface area contributed by atoms with Gasteiger partial charge >= 0.3 is 0 Å². The molecule has 1 heterocycles. The first-order valence-corrected chi connectivity index (χ1v) is 8.57. The highest BCUT2D eigenvalue weighted by Gasteiger charge is 2.26. The van der Waals surface area contributed by atoms with Crippen molar-refractivity contribution in [2.24, 2.45) is 5.14 Å². The number of hydrogen-bond donors (Lipinski definition) is 1. The Morgan fingerprint density at radius 3 is 2.55 bits per heavy atom. The van der Waals surface area contributed by atoms with Gasteiger partial charge in [0.2, 0.25) is 10.0 Å². The molecule has 0 bridgehead atoms. The molecule has 0 radical (unpaired) electrons. The van der Waals surface area contributed by atoms with Gasteiger partial charge in [0.1, 0.15) is 4.21 Å². The van der Waals surface area contributed by atoms with Gasteiger partial charge in [-0.3, -0.25) is 4.79 Å². The van der Waals surface area contributed by atoms with Crippen molar-refractivity contribution in [2.45, 2.75) is 31.0 Å². The monoisotopic (exact) mass is 320 g/mol. The summed E-state index contributed by atoms with van der Waals surface area (Å²) in [6.45, 7) is 6.28. The van der Waals surface area contributed by atoms with Crippen molar-refractivity contribution in [2.75, 3.05) is 20.3 Å². The van der Waals surface area contributed by atoms with Gasteiger partial charge < -0.3 is 9.64 Å². The van der Waals surface area contributed by atoms with Crippen molar-refractivity contribution in [3.05, 3.63) is 16.5 Å². The zero-order valence-electron chi connectivity index (χ0n) is 12.0. The van der Waals surface area contributed by atoms with Crippen molar-refractivity contribution in [1.82, 2.24) is 4.90 Å². The van der Waals surface area contributed by atoms with Crippen LogP contribution in [-0.2, 0) is 14.8 Å². The second-order valence-electron chi connectivity index (χ2n) is 4.50. The van der Waals surface area contributed by atoms with E-state index < -0.39 is 10.0 Å². The van der Waals surface area contributed by atoms with Gasteiger partial charge in [-0.2, -0.15) is 0 Å². The fourth-order valence-electron chi connectivity index (χ4n) is 2.03. The summed E-state index contributed by atoms with van der Waals surface area (Å²) in [6.07, 6.45) is 0. The second kappa shape index (κ2) is 6.66. The minimum Gasteiger partial charge on any atom is -0.383 e. The number of carbonyl (C=O) groups is 1. The molecule has 8 heteroatoms. The van der Waals surface area contributed by atoms with Gasteiger partial charge in [-0.15, -0.1) is 11.3 Å². The van der Waals surface area contributed by atoms with Gasteiger partial charge in [-0.05, 0) is 26.3 Å². The second-order valence-corrected chi connectivity index (χ2v) is 7.14. The van der Waals surface area contributed by atoms with Crippen molar-refractivity contribution >= 4 is 27.3 Å². The lowest BCUT2D eigenvalue weighted by atomic mass is 10.1. The molecule has 0 aliphatic carbocycles. The Bertz CT molecular complexity index is 580. The van der Waals surface area contributed by atoms with E-state index in [1.165, 1.54) is 0 Å². The normalized spacial score (nSPS) is 13.2. The maximum absolute atomic E-state index is 12.5. The number of sulfonamides is 1. The number of rotatable bonds is 6. The number of amides is 1. The lowest BCUT2D eigenvalue weighted by Crippen LogP contribution is -2.41. The summed E-state index contributed by atoms with van der Waals surface area (Å²) >= 11 is 0.973. The molecule has 1 rings (SSSR count). The molecule has 1 unspecified atom stereocenters. The highest BCUT2D eigenvalue weighted by atomic mass is 32.2. The molecule has 6 nitrogen and oxygen atoms in total. The third-order valence-corrected chi connectivity index (χ3v) is 5.71. The van der Waals surface area contributed by atoms with Crippen LogP contribution in [0.25, 0.3) is 0 Å². The first kappa shape index (κ1) is 17.1. The molecule has 0 fully saturated rings. The van der Waals surface area contributed by atoms with E-state index in [0.29, 0.717) is 24.3 Å². The molecule has 0 spiro atoms. The largest absolute Gasteiger partial charge is 0.383 e. The summed E-state index contributed by atoms with van der Waals surface area (Å²) in [5.74, 6) is -0.208. The number of thiophene rings is 1. The first-order valence-electron chi connectivity index (χ1n) is 6.14. The summed E-state index contributed by atoms with van der Waals surface area (Å²) in [7, 11) is -2.21. The Morgan fingerprint density at radius 2 is 2.15 bits per heavy atom. The van der Waals surface area contributed by atoms with Crippen LogP contribution in [-0.4, -0.2) is 45.5 Å². The summed E-state index contributed by atoms with van der Waals surface area (Å²) in [5.41, 5.74) is 0.786. The Balaban J connectivity index is 3.12. The number of nitrogens with two attached hydrogens (primary N) is 1. The molecule has 1 amide bonds. The van der Waals surface area contributed by atoms with Crippen LogP contribution in [0.5, 0.6) is 0 Å². The van der Waals surface area contributed by atoms with Crippen LogP contribution in [0.4, 0.5) is 0 Å². The standard InChI is InChI=1S/C12H20N2O4S2/c1-5-14(8(2)6-18-4)11(15)10-7-19-12(9(10)3)20(13,16)17/h7-8H,5-6H2,1-4H3,(H2,13,16,17). The molecule has 1 aromatic rings. The molecule has 20 heavy (non-hydrogen) atoms. The van der Waals surface area contributed by atoms with Crippen LogP contribution in [0.3, 0.4) is 0 Å². The zero-order chi connectivity index (χ0) is 15.5. The molecule has 0 aliphatic heterocycles. The zero-order valence-corrected chi connectivity index (χ0v) is 13.7. The molecule has 0 aliphatic rings. The smallest absolute Gasteiger partial charge is 0.255 e. The van der Waals surface area contributed by atoms with Gasteiger partial charge in [0.15, 0.2) is 0 Å². The van der Waals surface area contributed by atoms with Crippen molar-refractivity contribution < 1.29 is 17.9 Å². The Morgan fingerprint density at radius 1 is 1.55 bits per heavy atom. The van der Waals surface area contributed by atoms with E-state index in [9.17, 15) is 13.2 Å². The van der Waals surface area contributed by atoms with Gasteiger partial charge in [0.25, 0.3) is 5.91 Å². The Hall–Kier alpha value is -0.960. The molecule has 0 aromatic carbocycles. The molecular formula is C12H20N2O4S2. The number of methoxy groups -OCH3 is 1. The van der Waals surface area contributed by atoms with E-state index in [1.807, 2.05) is 13.8 Å². The summed E-state index contributed by atoms with van der Waals surface area (Å²) in [4.78, 5) is 14.1. The van der Waals surface area contributed by atoms with Gasteiger partial charge in [-0.25, -0.2) is 13.6 Å². The first-order chi connectivity index (χ1) is 9.23. The minimum absolute atomic E-state index is 0.0382. The van der Waals surface area contributed by atoms with E-state index in [-0.39, 0.29) is 16.2 Å². The van der Waals surface area contributed by atoms with Crippen molar-refractivity contribution in [3.63, 3.8) is 0 Å². The van der Waals surface area contributed by atoms with Gasteiger partial charge in [0, 0.05) is 19.0 Å². The lowest BCUT2D eigenvalue weighted by Gasteiger charge is -2.27. The highest BCUT2D eigenvalue weighted by Crippen LogP contribution is 2.27. The highest BCUT2D eigenvalue weighted by molar-refractivity contribution is 7.91. The SMILES string of the molecule is CCN(C(=O)c1csc(S(N)(=O)=O)c1C)C(C)COC. The number of ether oxygens (including phenoxy) is 1. The summed E-state index contributed by atoms with van der Waals surface area (Å²) < 4.78 is 27.9.